The van der Waals surface area contributed by atoms with Crippen LogP contribution in [0.4, 0.5) is 0 Å². The molecule has 0 amide bonds. The van der Waals surface area contributed by atoms with Crippen LogP contribution >= 0.6 is 0 Å². The molecule has 1 N–H and O–H groups in total. The Hall–Kier alpha value is -1.80. The third-order valence-corrected chi connectivity index (χ3v) is 5.52. The van der Waals surface area contributed by atoms with Crippen LogP contribution in [0.1, 0.15) is 29.2 Å². The minimum absolute atomic E-state index is 0.0406. The Morgan fingerprint density at radius 3 is 2.76 bits per heavy atom. The number of phenols is 1. The van der Waals surface area contributed by atoms with Crippen molar-refractivity contribution in [2.45, 2.75) is 32.2 Å². The minimum Gasteiger partial charge on any atom is -0.507 e. The molecule has 108 valence electrons. The summed E-state index contributed by atoms with van der Waals surface area (Å²) in [6.45, 7) is 5.42. The summed E-state index contributed by atoms with van der Waals surface area (Å²) in [5, 5.41) is 10.6. The van der Waals surface area contributed by atoms with Crippen LogP contribution in [0.15, 0.2) is 30.3 Å². The second kappa shape index (κ2) is 4.11. The molecule has 0 unspecified atom stereocenters. The van der Waals surface area contributed by atoms with Gasteiger partial charge >= 0.3 is 0 Å². The van der Waals surface area contributed by atoms with Gasteiger partial charge < -0.3 is 5.11 Å². The van der Waals surface area contributed by atoms with Gasteiger partial charge in [0.25, 0.3) is 0 Å². The quantitative estimate of drug-likeness (QED) is 0.796. The Morgan fingerprint density at radius 1 is 1.14 bits per heavy atom. The van der Waals surface area contributed by atoms with Crippen molar-refractivity contribution < 1.29 is 5.11 Å². The molecule has 2 nitrogen and oxygen atoms in total. The number of nitrogens with zero attached hydrogens (tertiary/aromatic N) is 1. The SMILES string of the molecule is Cc1ccc2c(c1O)-c1cccc3c1[C@@](C)(C2)N(C)CC3. The Kier molecular flexibility index (Phi) is 2.52. The van der Waals surface area contributed by atoms with Gasteiger partial charge in [0, 0.05) is 17.6 Å². The van der Waals surface area contributed by atoms with Crippen molar-refractivity contribution in [1.29, 1.82) is 0 Å². The number of phenolic OH excluding ortho intramolecular Hbond substituents is 1. The maximum Gasteiger partial charge on any atom is 0.126 e. The number of fused-ring (bicyclic) bond motifs is 2. The van der Waals surface area contributed by atoms with E-state index < -0.39 is 0 Å². The van der Waals surface area contributed by atoms with Crippen molar-refractivity contribution in [3.8, 4) is 16.9 Å². The molecule has 0 radical (unpaired) electrons. The number of aromatic hydroxyl groups is 1. The number of benzene rings is 2. The monoisotopic (exact) mass is 279 g/mol. The van der Waals surface area contributed by atoms with Crippen molar-refractivity contribution in [3.63, 3.8) is 0 Å². The molecule has 0 aromatic heterocycles. The molecule has 1 atom stereocenters. The molecule has 0 spiro atoms. The third kappa shape index (κ3) is 1.57. The van der Waals surface area contributed by atoms with Crippen molar-refractivity contribution in [3.05, 3.63) is 52.6 Å². The lowest BCUT2D eigenvalue weighted by Crippen LogP contribution is -2.49. The van der Waals surface area contributed by atoms with Crippen LogP contribution in [-0.2, 0) is 18.4 Å². The average Bonchev–Trinajstić information content (AvgIpc) is 2.47. The number of aryl methyl sites for hydroxylation is 1. The van der Waals surface area contributed by atoms with Gasteiger partial charge in [-0.2, -0.15) is 0 Å². The van der Waals surface area contributed by atoms with E-state index in [4.69, 9.17) is 0 Å². The van der Waals surface area contributed by atoms with E-state index in [9.17, 15) is 5.11 Å². The standard InChI is InChI=1S/C19H21NO/c1-12-7-8-14-11-19(2)17-13(9-10-20(19)3)5-4-6-15(17)16(14)18(12)21/h4-8,21H,9-11H2,1-3H3/t19-/m1/s1. The largest absolute Gasteiger partial charge is 0.507 e. The molecule has 0 saturated carbocycles. The smallest absolute Gasteiger partial charge is 0.126 e. The second-order valence-corrected chi connectivity index (χ2v) is 6.73. The topological polar surface area (TPSA) is 23.5 Å². The Morgan fingerprint density at radius 2 is 1.95 bits per heavy atom. The van der Waals surface area contributed by atoms with E-state index in [1.54, 1.807) is 0 Å². The molecule has 1 heterocycles. The lowest BCUT2D eigenvalue weighted by atomic mass is 9.69. The number of hydrogen-bond acceptors (Lipinski definition) is 2. The molecule has 2 aliphatic rings. The van der Waals surface area contributed by atoms with Crippen LogP contribution < -0.4 is 0 Å². The van der Waals surface area contributed by atoms with Gasteiger partial charge in [-0.3, -0.25) is 4.90 Å². The molecular weight excluding hydrogens is 258 g/mol. The first-order valence-electron chi connectivity index (χ1n) is 7.68. The lowest BCUT2D eigenvalue weighted by Gasteiger charge is -2.48. The molecule has 4 rings (SSSR count). The van der Waals surface area contributed by atoms with Crippen LogP contribution in [0.5, 0.6) is 5.75 Å². The summed E-state index contributed by atoms with van der Waals surface area (Å²) in [4.78, 5) is 2.47. The van der Waals surface area contributed by atoms with Crippen molar-refractivity contribution >= 4 is 0 Å². The van der Waals surface area contributed by atoms with Gasteiger partial charge in [-0.1, -0.05) is 30.3 Å². The molecule has 2 aromatic rings. The van der Waals surface area contributed by atoms with Gasteiger partial charge in [0.1, 0.15) is 5.75 Å². The maximum absolute atomic E-state index is 10.6. The van der Waals surface area contributed by atoms with Crippen LogP contribution in [0, 0.1) is 6.92 Å². The Labute approximate surface area is 126 Å². The average molecular weight is 279 g/mol. The second-order valence-electron chi connectivity index (χ2n) is 6.73. The van der Waals surface area contributed by atoms with Gasteiger partial charge in [-0.05, 0) is 61.6 Å². The van der Waals surface area contributed by atoms with Gasteiger partial charge in [-0.25, -0.2) is 0 Å². The zero-order chi connectivity index (χ0) is 14.8. The molecule has 0 saturated heterocycles. The van der Waals surface area contributed by atoms with Crippen LogP contribution in [0.2, 0.25) is 0 Å². The number of rotatable bonds is 0. The fourth-order valence-electron chi connectivity index (χ4n) is 4.16. The zero-order valence-corrected chi connectivity index (χ0v) is 12.9. The van der Waals surface area contributed by atoms with E-state index >= 15 is 0 Å². The highest BCUT2D eigenvalue weighted by Gasteiger charge is 2.42. The summed E-state index contributed by atoms with van der Waals surface area (Å²) in [7, 11) is 2.22. The Bertz CT molecular complexity index is 749. The molecule has 1 aliphatic heterocycles. The van der Waals surface area contributed by atoms with E-state index in [2.05, 4.69) is 43.1 Å². The van der Waals surface area contributed by atoms with E-state index in [1.807, 2.05) is 13.0 Å². The van der Waals surface area contributed by atoms with Gasteiger partial charge in [0.05, 0.1) is 0 Å². The molecule has 0 fully saturated rings. The van der Waals surface area contributed by atoms with E-state index in [0.717, 1.165) is 30.5 Å². The molecule has 2 heteroatoms. The summed E-state index contributed by atoms with van der Waals surface area (Å²) in [5.74, 6) is 0.455. The van der Waals surface area contributed by atoms with Gasteiger partial charge in [-0.15, -0.1) is 0 Å². The molecule has 0 bridgehead atoms. The highest BCUT2D eigenvalue weighted by atomic mass is 16.3. The fraction of sp³-hybridized carbons (Fsp3) is 0.368. The molecular formula is C19H21NO. The highest BCUT2D eigenvalue weighted by molar-refractivity contribution is 5.82. The van der Waals surface area contributed by atoms with Gasteiger partial charge in [0.15, 0.2) is 0 Å². The van der Waals surface area contributed by atoms with Crippen molar-refractivity contribution in [1.82, 2.24) is 4.90 Å². The van der Waals surface area contributed by atoms with Crippen molar-refractivity contribution in [2.24, 2.45) is 0 Å². The first-order chi connectivity index (χ1) is 10.0. The van der Waals surface area contributed by atoms with Gasteiger partial charge in [0.2, 0.25) is 0 Å². The lowest BCUT2D eigenvalue weighted by molar-refractivity contribution is 0.122. The highest BCUT2D eigenvalue weighted by Crippen LogP contribution is 2.51. The fourth-order valence-corrected chi connectivity index (χ4v) is 4.16. The van der Waals surface area contributed by atoms with E-state index in [0.29, 0.717) is 5.75 Å². The maximum atomic E-state index is 10.6. The summed E-state index contributed by atoms with van der Waals surface area (Å²) >= 11 is 0. The van der Waals surface area contributed by atoms with Crippen LogP contribution in [0.3, 0.4) is 0 Å². The third-order valence-electron chi connectivity index (χ3n) is 5.52. The van der Waals surface area contributed by atoms with Crippen LogP contribution in [-0.4, -0.2) is 23.6 Å². The summed E-state index contributed by atoms with van der Waals surface area (Å²) in [6, 6.07) is 10.8. The molecule has 2 aromatic carbocycles. The molecule has 21 heavy (non-hydrogen) atoms. The first kappa shape index (κ1) is 12.9. The van der Waals surface area contributed by atoms with E-state index in [-0.39, 0.29) is 5.54 Å². The molecule has 1 aliphatic carbocycles. The first-order valence-corrected chi connectivity index (χ1v) is 7.68. The summed E-state index contributed by atoms with van der Waals surface area (Å²) < 4.78 is 0. The van der Waals surface area contributed by atoms with E-state index in [1.165, 1.54) is 22.3 Å². The summed E-state index contributed by atoms with van der Waals surface area (Å²) in [5.41, 5.74) is 7.41. The number of hydrogen-bond donors (Lipinski definition) is 1. The minimum atomic E-state index is 0.0406. The summed E-state index contributed by atoms with van der Waals surface area (Å²) in [6.07, 6.45) is 2.06. The zero-order valence-electron chi connectivity index (χ0n) is 12.9. The predicted molar refractivity (Wildman–Crippen MR) is 85.7 cm³/mol. The Balaban J connectivity index is 2.10. The van der Waals surface area contributed by atoms with Crippen molar-refractivity contribution in [2.75, 3.05) is 13.6 Å². The number of likely N-dealkylation sites (N-methyl/N-ethyl adjacent to an activating group) is 1. The van der Waals surface area contributed by atoms with Crippen LogP contribution in [0.25, 0.3) is 11.1 Å². The normalized spacial score (nSPS) is 23.6. The predicted octanol–water partition coefficient (Wildman–Crippen LogP) is 3.63.